The first kappa shape index (κ1) is 21.9. The first-order valence-electron chi connectivity index (χ1n) is 9.76. The van der Waals surface area contributed by atoms with Crippen LogP contribution in [0, 0.1) is 0 Å². The molecule has 154 valence electrons. The molecule has 2 atom stereocenters. The third-order valence-corrected chi connectivity index (χ3v) is 4.77. The largest absolute Gasteiger partial charge is 0.383 e. The van der Waals surface area contributed by atoms with E-state index in [9.17, 15) is 5.11 Å². The van der Waals surface area contributed by atoms with E-state index in [-0.39, 0.29) is 6.54 Å². The molecule has 0 aliphatic rings. The zero-order valence-corrected chi connectivity index (χ0v) is 17.7. The standard InChI is InChI=1S/C21H34N6O/c1-6-22-20(24-16-21(2,28)18-13-25-27(5)15-18)23-14-19(26(3)4)12-17-10-8-7-9-11-17/h7-11,13,15,19,28H,6,12,14,16H2,1-5H3,(H2,22,23,24). The molecule has 0 spiro atoms. The van der Waals surface area contributed by atoms with Crippen LogP contribution in [-0.2, 0) is 19.1 Å². The van der Waals surface area contributed by atoms with Gasteiger partial charge in [0.15, 0.2) is 5.96 Å². The van der Waals surface area contributed by atoms with Crippen molar-refractivity contribution in [2.45, 2.75) is 31.9 Å². The van der Waals surface area contributed by atoms with Gasteiger partial charge >= 0.3 is 0 Å². The van der Waals surface area contributed by atoms with Crippen molar-refractivity contribution in [3.05, 3.63) is 53.9 Å². The SMILES string of the molecule is CCNC(=NCC(C)(O)c1cnn(C)c1)NCC(Cc1ccccc1)N(C)C. The van der Waals surface area contributed by atoms with Crippen LogP contribution in [0.3, 0.4) is 0 Å². The zero-order chi connectivity index (χ0) is 20.6. The van der Waals surface area contributed by atoms with E-state index in [1.54, 1.807) is 17.8 Å². The molecule has 0 saturated heterocycles. The van der Waals surface area contributed by atoms with Crippen molar-refractivity contribution in [1.29, 1.82) is 0 Å². The van der Waals surface area contributed by atoms with Crippen LogP contribution in [0.4, 0.5) is 0 Å². The van der Waals surface area contributed by atoms with Gasteiger partial charge in [-0.2, -0.15) is 5.10 Å². The molecule has 0 fully saturated rings. The molecule has 2 unspecified atom stereocenters. The lowest BCUT2D eigenvalue weighted by Gasteiger charge is -2.26. The fourth-order valence-corrected chi connectivity index (χ4v) is 2.90. The Morgan fingerprint density at radius 1 is 1.29 bits per heavy atom. The summed E-state index contributed by atoms with van der Waals surface area (Å²) in [5.41, 5.74) is 0.996. The van der Waals surface area contributed by atoms with E-state index in [0.29, 0.717) is 12.0 Å². The number of nitrogens with one attached hydrogen (secondary N) is 2. The lowest BCUT2D eigenvalue weighted by atomic mass is 10.0. The smallest absolute Gasteiger partial charge is 0.191 e. The van der Waals surface area contributed by atoms with Gasteiger partial charge in [0.25, 0.3) is 0 Å². The van der Waals surface area contributed by atoms with Crippen molar-refractivity contribution in [2.24, 2.45) is 12.0 Å². The van der Waals surface area contributed by atoms with E-state index in [1.807, 2.05) is 26.2 Å². The number of aliphatic hydroxyl groups is 1. The molecule has 2 rings (SSSR count). The molecule has 0 aliphatic heterocycles. The third-order valence-electron chi connectivity index (χ3n) is 4.77. The quantitative estimate of drug-likeness (QED) is 0.448. The number of hydrogen-bond acceptors (Lipinski definition) is 4. The van der Waals surface area contributed by atoms with Gasteiger partial charge < -0.3 is 20.6 Å². The van der Waals surface area contributed by atoms with Crippen LogP contribution >= 0.6 is 0 Å². The highest BCUT2D eigenvalue weighted by Gasteiger charge is 2.24. The number of guanidine groups is 1. The number of nitrogens with zero attached hydrogens (tertiary/aromatic N) is 4. The number of likely N-dealkylation sites (N-methyl/N-ethyl adjacent to an activating group) is 1. The Labute approximate surface area is 168 Å². The molecule has 7 heteroatoms. The summed E-state index contributed by atoms with van der Waals surface area (Å²) in [5.74, 6) is 0.701. The van der Waals surface area contributed by atoms with Crippen LogP contribution in [0.2, 0.25) is 0 Å². The molecule has 2 aromatic rings. The van der Waals surface area contributed by atoms with E-state index in [1.165, 1.54) is 5.56 Å². The highest BCUT2D eigenvalue weighted by molar-refractivity contribution is 5.79. The van der Waals surface area contributed by atoms with Crippen LogP contribution in [0.1, 0.15) is 25.0 Å². The lowest BCUT2D eigenvalue weighted by molar-refractivity contribution is 0.0671. The average Bonchev–Trinajstić information content (AvgIpc) is 3.11. The van der Waals surface area contributed by atoms with Crippen LogP contribution in [0.15, 0.2) is 47.7 Å². The Hall–Kier alpha value is -2.38. The van der Waals surface area contributed by atoms with Crippen molar-refractivity contribution in [1.82, 2.24) is 25.3 Å². The minimum Gasteiger partial charge on any atom is -0.383 e. The zero-order valence-electron chi connectivity index (χ0n) is 17.7. The number of hydrogen-bond donors (Lipinski definition) is 3. The Balaban J connectivity index is 2.00. The number of aryl methyl sites for hydroxylation is 1. The van der Waals surface area contributed by atoms with Crippen molar-refractivity contribution in [2.75, 3.05) is 33.7 Å². The number of aliphatic imine (C=N–C) groups is 1. The summed E-state index contributed by atoms with van der Waals surface area (Å²) in [7, 11) is 6.02. The van der Waals surface area contributed by atoms with Crippen molar-refractivity contribution >= 4 is 5.96 Å². The summed E-state index contributed by atoms with van der Waals surface area (Å²) in [6.45, 7) is 5.55. The first-order chi connectivity index (χ1) is 13.3. The summed E-state index contributed by atoms with van der Waals surface area (Å²) in [4.78, 5) is 6.82. The normalized spacial score (nSPS) is 15.3. The van der Waals surface area contributed by atoms with E-state index >= 15 is 0 Å². The minimum absolute atomic E-state index is 0.249. The van der Waals surface area contributed by atoms with Gasteiger partial charge in [0.05, 0.1) is 12.7 Å². The molecule has 1 aromatic heterocycles. The van der Waals surface area contributed by atoms with E-state index in [0.717, 1.165) is 25.1 Å². The van der Waals surface area contributed by atoms with Gasteiger partial charge in [-0.25, -0.2) is 4.99 Å². The van der Waals surface area contributed by atoms with Gasteiger partial charge in [-0.3, -0.25) is 4.68 Å². The highest BCUT2D eigenvalue weighted by atomic mass is 16.3. The number of rotatable bonds is 9. The predicted molar refractivity (Wildman–Crippen MR) is 114 cm³/mol. The Morgan fingerprint density at radius 3 is 2.57 bits per heavy atom. The summed E-state index contributed by atoms with van der Waals surface area (Å²) >= 11 is 0. The molecule has 0 bridgehead atoms. The predicted octanol–water partition coefficient (Wildman–Crippen LogP) is 1.36. The molecule has 0 radical (unpaired) electrons. The molecule has 28 heavy (non-hydrogen) atoms. The Morgan fingerprint density at radius 2 is 2.00 bits per heavy atom. The van der Waals surface area contributed by atoms with Gasteiger partial charge in [-0.15, -0.1) is 0 Å². The molecule has 0 aliphatic carbocycles. The summed E-state index contributed by atoms with van der Waals surface area (Å²) in [5, 5.41) is 21.6. The maximum atomic E-state index is 10.8. The number of aromatic nitrogens is 2. The van der Waals surface area contributed by atoms with E-state index in [4.69, 9.17) is 0 Å². The Kier molecular flexibility index (Phi) is 8.02. The van der Waals surface area contributed by atoms with Gasteiger partial charge in [-0.05, 0) is 39.9 Å². The first-order valence-corrected chi connectivity index (χ1v) is 9.76. The topological polar surface area (TPSA) is 77.7 Å². The molecular formula is C21H34N6O. The van der Waals surface area contributed by atoms with Crippen molar-refractivity contribution in [3.63, 3.8) is 0 Å². The lowest BCUT2D eigenvalue weighted by Crippen LogP contribution is -2.46. The molecule has 0 saturated carbocycles. The monoisotopic (exact) mass is 386 g/mol. The molecular weight excluding hydrogens is 352 g/mol. The molecule has 1 heterocycles. The van der Waals surface area contributed by atoms with E-state index < -0.39 is 5.60 Å². The van der Waals surface area contributed by atoms with Gasteiger partial charge in [0.1, 0.15) is 5.60 Å². The Bertz CT molecular complexity index is 738. The molecule has 0 amide bonds. The van der Waals surface area contributed by atoms with Gasteiger partial charge in [-0.1, -0.05) is 30.3 Å². The van der Waals surface area contributed by atoms with Crippen molar-refractivity contribution in [3.8, 4) is 0 Å². The van der Waals surface area contributed by atoms with Crippen LogP contribution in [0.25, 0.3) is 0 Å². The summed E-state index contributed by atoms with van der Waals surface area (Å²) in [6, 6.07) is 10.8. The molecule has 7 nitrogen and oxygen atoms in total. The minimum atomic E-state index is -1.07. The van der Waals surface area contributed by atoms with Gasteiger partial charge in [0.2, 0.25) is 0 Å². The number of benzene rings is 1. The second kappa shape index (κ2) is 10.2. The van der Waals surface area contributed by atoms with Gasteiger partial charge in [0, 0.05) is 37.9 Å². The van der Waals surface area contributed by atoms with Crippen LogP contribution in [0.5, 0.6) is 0 Å². The van der Waals surface area contributed by atoms with Crippen molar-refractivity contribution < 1.29 is 5.11 Å². The maximum Gasteiger partial charge on any atom is 0.191 e. The molecule has 3 N–H and O–H groups in total. The second-order valence-electron chi connectivity index (χ2n) is 7.56. The second-order valence-corrected chi connectivity index (χ2v) is 7.56. The molecule has 1 aromatic carbocycles. The summed E-state index contributed by atoms with van der Waals surface area (Å²) < 4.78 is 1.68. The summed E-state index contributed by atoms with van der Waals surface area (Å²) in [6.07, 6.45) is 4.45. The highest BCUT2D eigenvalue weighted by Crippen LogP contribution is 2.19. The van der Waals surface area contributed by atoms with Crippen LogP contribution in [-0.4, -0.2) is 65.5 Å². The fraction of sp³-hybridized carbons (Fsp3) is 0.524. The van der Waals surface area contributed by atoms with Crippen LogP contribution < -0.4 is 10.6 Å². The maximum absolute atomic E-state index is 10.8. The third kappa shape index (κ3) is 6.65. The fourth-order valence-electron chi connectivity index (χ4n) is 2.90. The van der Waals surface area contributed by atoms with E-state index in [2.05, 4.69) is 64.0 Å². The average molecular weight is 387 g/mol.